The van der Waals surface area contributed by atoms with Crippen molar-refractivity contribution >= 4 is 37.1 Å². The van der Waals surface area contributed by atoms with Crippen molar-refractivity contribution in [3.05, 3.63) is 11.3 Å². The molecule has 2 heterocycles. The van der Waals surface area contributed by atoms with Gasteiger partial charge < -0.3 is 15.6 Å². The third-order valence-corrected chi connectivity index (χ3v) is 9.54. The molecular weight excluding hydrogens is 383 g/mol. The monoisotopic (exact) mass is 406 g/mol. The van der Waals surface area contributed by atoms with Crippen molar-refractivity contribution in [1.82, 2.24) is 14.2 Å². The lowest BCUT2D eigenvalue weighted by Gasteiger charge is -2.59. The van der Waals surface area contributed by atoms with E-state index in [4.69, 9.17) is 10.5 Å². The number of nitrogens with two attached hydrogens (primary N) is 1. The molecule has 10 nitrogen and oxygen atoms in total. The van der Waals surface area contributed by atoms with Crippen LogP contribution in [-0.2, 0) is 23.7 Å². The highest BCUT2D eigenvalue weighted by atomic mass is 32.2. The Kier molecular flexibility index (Phi) is 5.61. The number of amides is 1. The van der Waals surface area contributed by atoms with E-state index in [0.29, 0.717) is 5.57 Å². The maximum Gasteiger partial charge on any atom is 0.352 e. The molecule has 0 aliphatic carbocycles. The van der Waals surface area contributed by atoms with Crippen LogP contribution < -0.4 is 5.73 Å². The van der Waals surface area contributed by atoms with Crippen molar-refractivity contribution in [2.45, 2.75) is 17.6 Å². The third kappa shape index (κ3) is 2.78. The van der Waals surface area contributed by atoms with Crippen molar-refractivity contribution in [2.24, 2.45) is 5.73 Å². The second-order valence-corrected chi connectivity index (χ2v) is 10.9. The van der Waals surface area contributed by atoms with Crippen LogP contribution in [0, 0.1) is 0 Å². The van der Waals surface area contributed by atoms with Crippen molar-refractivity contribution in [2.75, 3.05) is 40.6 Å². The average Bonchev–Trinajstić information content (AvgIpc) is 2.56. The summed E-state index contributed by atoms with van der Waals surface area (Å²) < 4.78 is 21.3. The number of hydrogen-bond acceptors (Lipinski definition) is 7. The standard InChI is InChI=1S/C14H23N4O6PS/c1-8(19)24-6-9-7-26-13-14(15,25(23,16(2)3)17(4)5)12(22)18(13)10(9)11(20)21/h13H,6-7,15H2,1-5H3,(H,20,21)/t13-,14-/m1/s1. The summed E-state index contributed by atoms with van der Waals surface area (Å²) in [5, 5.41) is 7.04. The second-order valence-electron chi connectivity index (χ2n) is 6.44. The number of hydrogen-bond donors (Lipinski definition) is 2. The van der Waals surface area contributed by atoms with Crippen LogP contribution in [0.15, 0.2) is 11.3 Å². The molecule has 12 heteroatoms. The molecule has 1 saturated heterocycles. The zero-order valence-corrected chi connectivity index (χ0v) is 17.0. The molecule has 0 spiro atoms. The quantitative estimate of drug-likeness (QED) is 0.346. The first-order valence-electron chi connectivity index (χ1n) is 7.69. The van der Waals surface area contributed by atoms with Gasteiger partial charge in [-0.3, -0.25) is 19.1 Å². The van der Waals surface area contributed by atoms with E-state index >= 15 is 0 Å². The molecule has 1 fully saturated rings. The fourth-order valence-electron chi connectivity index (χ4n) is 3.22. The minimum atomic E-state index is -3.50. The molecule has 26 heavy (non-hydrogen) atoms. The number of rotatable bonds is 6. The number of esters is 1. The molecule has 0 bridgehead atoms. The summed E-state index contributed by atoms with van der Waals surface area (Å²) >= 11 is 1.21. The normalized spacial score (nSPS) is 26.1. The van der Waals surface area contributed by atoms with Gasteiger partial charge in [0, 0.05) is 18.2 Å². The minimum Gasteiger partial charge on any atom is -0.477 e. The molecule has 0 unspecified atom stereocenters. The molecule has 2 rings (SSSR count). The average molecular weight is 406 g/mol. The van der Waals surface area contributed by atoms with Gasteiger partial charge in [0.05, 0.1) is 0 Å². The Bertz CT molecular complexity index is 727. The van der Waals surface area contributed by atoms with Crippen molar-refractivity contribution < 1.29 is 28.8 Å². The van der Waals surface area contributed by atoms with E-state index in [1.165, 1.54) is 28.0 Å². The Balaban J connectivity index is 2.47. The van der Waals surface area contributed by atoms with Gasteiger partial charge in [0.15, 0.2) is 0 Å². The van der Waals surface area contributed by atoms with E-state index in [1.54, 1.807) is 28.2 Å². The van der Waals surface area contributed by atoms with Crippen LogP contribution in [-0.4, -0.2) is 88.4 Å². The molecule has 3 N–H and O–H groups in total. The van der Waals surface area contributed by atoms with Crippen LogP contribution in [0.1, 0.15) is 6.92 Å². The number of carboxylic acid groups (broad SMARTS) is 1. The molecule has 0 aromatic carbocycles. The minimum absolute atomic E-state index is 0.198. The van der Waals surface area contributed by atoms with Crippen LogP contribution in [0.4, 0.5) is 0 Å². The van der Waals surface area contributed by atoms with Crippen LogP contribution in [0.3, 0.4) is 0 Å². The van der Waals surface area contributed by atoms with Gasteiger partial charge in [0.1, 0.15) is 17.7 Å². The first kappa shape index (κ1) is 20.9. The lowest BCUT2D eigenvalue weighted by molar-refractivity contribution is -0.150. The molecule has 0 aromatic heterocycles. The van der Waals surface area contributed by atoms with E-state index in [0.717, 1.165) is 4.90 Å². The van der Waals surface area contributed by atoms with Gasteiger partial charge in [0.2, 0.25) is 12.7 Å². The van der Waals surface area contributed by atoms with E-state index in [9.17, 15) is 24.1 Å². The second kappa shape index (κ2) is 6.97. The Labute approximate surface area is 155 Å². The molecule has 0 saturated carbocycles. The Morgan fingerprint density at radius 2 is 1.92 bits per heavy atom. The molecule has 2 aliphatic rings. The van der Waals surface area contributed by atoms with Gasteiger partial charge in [-0.15, -0.1) is 11.8 Å². The first-order valence-corrected chi connectivity index (χ1v) is 10.3. The Morgan fingerprint density at radius 3 is 2.35 bits per heavy atom. The Morgan fingerprint density at radius 1 is 1.38 bits per heavy atom. The van der Waals surface area contributed by atoms with Gasteiger partial charge >= 0.3 is 11.9 Å². The predicted octanol–water partition coefficient (Wildman–Crippen LogP) is -0.225. The maximum absolute atomic E-state index is 13.6. The van der Waals surface area contributed by atoms with Crippen molar-refractivity contribution in [1.29, 1.82) is 0 Å². The van der Waals surface area contributed by atoms with Crippen molar-refractivity contribution in [3.8, 4) is 0 Å². The fourth-order valence-corrected chi connectivity index (χ4v) is 7.93. The maximum atomic E-state index is 13.6. The van der Waals surface area contributed by atoms with E-state index in [1.807, 2.05) is 0 Å². The number of fused-ring (bicyclic) bond motifs is 1. The van der Waals surface area contributed by atoms with Crippen LogP contribution in [0.2, 0.25) is 0 Å². The van der Waals surface area contributed by atoms with Gasteiger partial charge in [-0.1, -0.05) is 0 Å². The number of β-lactam (4-membered cyclic amide) rings is 1. The summed E-state index contributed by atoms with van der Waals surface area (Å²) in [6.45, 7) is 0.987. The summed E-state index contributed by atoms with van der Waals surface area (Å²) in [5.74, 6) is -2.40. The Hall–Kier alpha value is -1.39. The van der Waals surface area contributed by atoms with Crippen LogP contribution in [0.25, 0.3) is 0 Å². The number of carbonyl (C=O) groups excluding carboxylic acids is 2. The van der Waals surface area contributed by atoms with Gasteiger partial charge in [-0.2, -0.15) is 0 Å². The predicted molar refractivity (Wildman–Crippen MR) is 96.3 cm³/mol. The largest absolute Gasteiger partial charge is 0.477 e. The highest BCUT2D eigenvalue weighted by Crippen LogP contribution is 2.67. The highest BCUT2D eigenvalue weighted by molar-refractivity contribution is 8.00. The van der Waals surface area contributed by atoms with Gasteiger partial charge in [0.25, 0.3) is 5.91 Å². The lowest BCUT2D eigenvalue weighted by Crippen LogP contribution is -2.79. The van der Waals surface area contributed by atoms with Crippen LogP contribution in [0.5, 0.6) is 0 Å². The smallest absolute Gasteiger partial charge is 0.352 e. The number of carboxylic acids is 1. The number of aliphatic carboxylic acids is 1. The summed E-state index contributed by atoms with van der Waals surface area (Å²) in [6.07, 6.45) is 0. The molecule has 0 aromatic rings. The zero-order valence-electron chi connectivity index (χ0n) is 15.3. The first-order chi connectivity index (χ1) is 11.9. The van der Waals surface area contributed by atoms with E-state index < -0.39 is 35.9 Å². The number of thioether (sulfide) groups is 1. The molecule has 1 amide bonds. The van der Waals surface area contributed by atoms with Crippen LogP contribution >= 0.6 is 19.2 Å². The number of carbonyl (C=O) groups is 3. The SMILES string of the molecule is CC(=O)OCC1=C(C(=O)O)N2C(=O)[C@@](N)(P(=O)(N(C)C)N(C)C)[C@H]2SC1. The number of ether oxygens (including phenoxy) is 1. The van der Waals surface area contributed by atoms with Gasteiger partial charge in [-0.25, -0.2) is 14.1 Å². The summed E-state index contributed by atoms with van der Waals surface area (Å²) in [7, 11) is 2.77. The zero-order chi connectivity index (χ0) is 20.0. The summed E-state index contributed by atoms with van der Waals surface area (Å²) in [6, 6.07) is 0. The van der Waals surface area contributed by atoms with Gasteiger partial charge in [-0.05, 0) is 28.2 Å². The fraction of sp³-hybridized carbons (Fsp3) is 0.643. The molecule has 146 valence electrons. The molecular formula is C14H23N4O6PS. The lowest BCUT2D eigenvalue weighted by atomic mass is 10.0. The molecule has 2 atom stereocenters. The number of nitrogens with zero attached hydrogens (tertiary/aromatic N) is 3. The highest BCUT2D eigenvalue weighted by Gasteiger charge is 2.72. The molecule has 0 radical (unpaired) electrons. The van der Waals surface area contributed by atoms with Crippen molar-refractivity contribution in [3.63, 3.8) is 0 Å². The summed E-state index contributed by atoms with van der Waals surface area (Å²) in [4.78, 5) is 36.7. The molecule has 2 aliphatic heterocycles. The van der Waals surface area contributed by atoms with E-state index in [-0.39, 0.29) is 18.1 Å². The topological polar surface area (TPSA) is 133 Å². The van der Waals surface area contributed by atoms with E-state index in [2.05, 4.69) is 0 Å². The summed E-state index contributed by atoms with van der Waals surface area (Å²) in [5.41, 5.74) is 6.39. The third-order valence-electron chi connectivity index (χ3n) is 4.38.